The molecule has 0 spiro atoms. The Balaban J connectivity index is 1.55. The zero-order valence-corrected chi connectivity index (χ0v) is 15.5. The SMILES string of the molecule is CC1(C(=O)Nc2nnc(-c3ccncc3)s2)Oc2ccc(Cl)cc2NC1=O. The summed E-state index contributed by atoms with van der Waals surface area (Å²) in [7, 11) is 0. The molecule has 8 nitrogen and oxygen atoms in total. The van der Waals surface area contributed by atoms with Crippen molar-refractivity contribution in [2.24, 2.45) is 0 Å². The lowest BCUT2D eigenvalue weighted by molar-refractivity contribution is -0.143. The number of pyridine rings is 1. The van der Waals surface area contributed by atoms with Gasteiger partial charge in [-0.2, -0.15) is 0 Å². The molecule has 27 heavy (non-hydrogen) atoms. The Labute approximate surface area is 162 Å². The van der Waals surface area contributed by atoms with Gasteiger partial charge in [0.05, 0.1) is 5.69 Å². The van der Waals surface area contributed by atoms with Gasteiger partial charge in [-0.05, 0) is 37.3 Å². The Morgan fingerprint density at radius 2 is 2.04 bits per heavy atom. The first-order valence-electron chi connectivity index (χ1n) is 7.81. The highest BCUT2D eigenvalue weighted by atomic mass is 35.5. The molecule has 0 saturated carbocycles. The van der Waals surface area contributed by atoms with Gasteiger partial charge in [0.2, 0.25) is 5.13 Å². The molecule has 1 atom stereocenters. The number of amides is 2. The molecule has 136 valence electrons. The molecule has 2 aromatic heterocycles. The van der Waals surface area contributed by atoms with Crippen LogP contribution in [0.1, 0.15) is 6.92 Å². The van der Waals surface area contributed by atoms with Crippen molar-refractivity contribution in [1.82, 2.24) is 15.2 Å². The maximum Gasteiger partial charge on any atom is 0.280 e. The van der Waals surface area contributed by atoms with Crippen molar-refractivity contribution in [1.29, 1.82) is 0 Å². The molecule has 1 unspecified atom stereocenters. The van der Waals surface area contributed by atoms with E-state index in [2.05, 4.69) is 25.8 Å². The molecule has 0 bridgehead atoms. The first-order valence-corrected chi connectivity index (χ1v) is 9.00. The summed E-state index contributed by atoms with van der Waals surface area (Å²) in [6, 6.07) is 8.33. The second kappa shape index (κ2) is 6.60. The summed E-state index contributed by atoms with van der Waals surface area (Å²) in [5.41, 5.74) is -0.524. The maximum atomic E-state index is 12.7. The predicted octanol–water partition coefficient (Wildman–Crippen LogP) is 2.98. The third kappa shape index (κ3) is 3.22. The van der Waals surface area contributed by atoms with Gasteiger partial charge in [0.15, 0.2) is 0 Å². The van der Waals surface area contributed by atoms with E-state index in [0.29, 0.717) is 21.5 Å². The van der Waals surface area contributed by atoms with Gasteiger partial charge in [0, 0.05) is 23.0 Å². The Bertz CT molecular complexity index is 1040. The molecule has 1 aliphatic rings. The predicted molar refractivity (Wildman–Crippen MR) is 101 cm³/mol. The lowest BCUT2D eigenvalue weighted by Crippen LogP contribution is -2.56. The number of carbonyl (C=O) groups is 2. The molecule has 0 aliphatic carbocycles. The second-order valence-corrected chi connectivity index (χ2v) is 7.25. The van der Waals surface area contributed by atoms with Crippen LogP contribution < -0.4 is 15.4 Å². The largest absolute Gasteiger partial charge is 0.466 e. The summed E-state index contributed by atoms with van der Waals surface area (Å²) in [5, 5.41) is 14.5. The third-order valence-corrected chi connectivity index (χ3v) is 5.07. The van der Waals surface area contributed by atoms with Gasteiger partial charge in [-0.15, -0.1) is 10.2 Å². The molecule has 2 amide bonds. The molecule has 0 radical (unpaired) electrons. The number of hydrogen-bond acceptors (Lipinski definition) is 7. The quantitative estimate of drug-likeness (QED) is 0.653. The highest BCUT2D eigenvalue weighted by molar-refractivity contribution is 7.18. The summed E-state index contributed by atoms with van der Waals surface area (Å²) in [6.45, 7) is 1.39. The molecular formula is C17H12ClN5O3S. The van der Waals surface area contributed by atoms with Crippen molar-refractivity contribution < 1.29 is 14.3 Å². The fraction of sp³-hybridized carbons (Fsp3) is 0.118. The van der Waals surface area contributed by atoms with Crippen LogP contribution in [0.4, 0.5) is 10.8 Å². The van der Waals surface area contributed by atoms with E-state index < -0.39 is 17.4 Å². The number of aromatic nitrogens is 3. The van der Waals surface area contributed by atoms with Crippen molar-refractivity contribution in [2.75, 3.05) is 10.6 Å². The minimum Gasteiger partial charge on any atom is -0.466 e. The lowest BCUT2D eigenvalue weighted by Gasteiger charge is -2.32. The third-order valence-electron chi connectivity index (χ3n) is 3.94. The van der Waals surface area contributed by atoms with Gasteiger partial charge in [-0.25, -0.2) is 0 Å². The van der Waals surface area contributed by atoms with E-state index in [-0.39, 0.29) is 5.13 Å². The fourth-order valence-electron chi connectivity index (χ4n) is 2.45. The molecule has 4 rings (SSSR count). The number of halogens is 1. The zero-order chi connectivity index (χ0) is 19.0. The highest BCUT2D eigenvalue weighted by Crippen LogP contribution is 2.36. The van der Waals surface area contributed by atoms with Crippen molar-refractivity contribution in [3.63, 3.8) is 0 Å². The molecule has 10 heteroatoms. The number of nitrogens with one attached hydrogen (secondary N) is 2. The Morgan fingerprint density at radius 3 is 2.81 bits per heavy atom. The Kier molecular flexibility index (Phi) is 4.25. The normalized spacial score (nSPS) is 18.2. The average molecular weight is 402 g/mol. The van der Waals surface area contributed by atoms with E-state index in [4.69, 9.17) is 16.3 Å². The van der Waals surface area contributed by atoms with Crippen LogP contribution in [0.5, 0.6) is 5.75 Å². The van der Waals surface area contributed by atoms with Crippen LogP contribution in [0.2, 0.25) is 5.02 Å². The van der Waals surface area contributed by atoms with Gasteiger partial charge in [-0.3, -0.25) is 19.9 Å². The summed E-state index contributed by atoms with van der Waals surface area (Å²) in [4.78, 5) is 29.1. The van der Waals surface area contributed by atoms with Crippen LogP contribution in [0.15, 0.2) is 42.7 Å². The standard InChI is InChI=1S/C17H12ClN5O3S/c1-17(14(24)20-11-8-10(18)2-3-12(11)26-17)15(25)21-16-23-22-13(27-16)9-4-6-19-7-5-9/h2-8H,1H3,(H,20,24)(H,21,23,25). The molecule has 1 aromatic carbocycles. The summed E-state index contributed by atoms with van der Waals surface area (Å²) >= 11 is 7.09. The molecule has 0 saturated heterocycles. The molecule has 3 aromatic rings. The topological polar surface area (TPSA) is 106 Å². The molecule has 1 aliphatic heterocycles. The Hall–Kier alpha value is -3.04. The van der Waals surface area contributed by atoms with E-state index in [1.54, 1.807) is 42.7 Å². The van der Waals surface area contributed by atoms with Crippen LogP contribution in [-0.4, -0.2) is 32.6 Å². The summed E-state index contributed by atoms with van der Waals surface area (Å²) in [5.74, 6) is -0.905. The summed E-state index contributed by atoms with van der Waals surface area (Å²) in [6.07, 6.45) is 3.28. The van der Waals surface area contributed by atoms with E-state index in [1.807, 2.05) is 0 Å². The van der Waals surface area contributed by atoms with E-state index in [1.165, 1.54) is 18.3 Å². The number of anilines is 2. The van der Waals surface area contributed by atoms with Crippen LogP contribution in [-0.2, 0) is 9.59 Å². The minimum atomic E-state index is -1.76. The van der Waals surface area contributed by atoms with Gasteiger partial charge in [0.1, 0.15) is 10.8 Å². The first-order chi connectivity index (χ1) is 13.0. The van der Waals surface area contributed by atoms with Crippen molar-refractivity contribution in [2.45, 2.75) is 12.5 Å². The summed E-state index contributed by atoms with van der Waals surface area (Å²) < 4.78 is 5.68. The van der Waals surface area contributed by atoms with Gasteiger partial charge in [-0.1, -0.05) is 22.9 Å². The van der Waals surface area contributed by atoms with Crippen LogP contribution in [0.25, 0.3) is 10.6 Å². The average Bonchev–Trinajstić information content (AvgIpc) is 3.12. The van der Waals surface area contributed by atoms with Gasteiger partial charge in [0.25, 0.3) is 17.4 Å². The van der Waals surface area contributed by atoms with E-state index in [0.717, 1.165) is 5.56 Å². The van der Waals surface area contributed by atoms with Gasteiger partial charge < -0.3 is 10.1 Å². The van der Waals surface area contributed by atoms with Crippen molar-refractivity contribution >= 4 is 45.6 Å². The zero-order valence-electron chi connectivity index (χ0n) is 13.9. The molecule has 0 fully saturated rings. The molecule has 2 N–H and O–H groups in total. The number of fused-ring (bicyclic) bond motifs is 1. The van der Waals surface area contributed by atoms with E-state index >= 15 is 0 Å². The Morgan fingerprint density at radius 1 is 1.26 bits per heavy atom. The highest BCUT2D eigenvalue weighted by Gasteiger charge is 2.47. The fourth-order valence-corrected chi connectivity index (χ4v) is 3.36. The van der Waals surface area contributed by atoms with Crippen molar-refractivity contribution in [3.8, 4) is 16.3 Å². The monoisotopic (exact) mass is 401 g/mol. The maximum absolute atomic E-state index is 12.7. The second-order valence-electron chi connectivity index (χ2n) is 5.83. The smallest absolute Gasteiger partial charge is 0.280 e. The van der Waals surface area contributed by atoms with E-state index in [9.17, 15) is 9.59 Å². The lowest BCUT2D eigenvalue weighted by atomic mass is 10.0. The number of benzene rings is 1. The molecule has 3 heterocycles. The van der Waals surface area contributed by atoms with Crippen molar-refractivity contribution in [3.05, 3.63) is 47.7 Å². The number of nitrogens with zero attached hydrogens (tertiary/aromatic N) is 3. The number of hydrogen-bond donors (Lipinski definition) is 2. The first kappa shape index (κ1) is 17.4. The molecular weight excluding hydrogens is 390 g/mol. The number of rotatable bonds is 3. The minimum absolute atomic E-state index is 0.256. The van der Waals surface area contributed by atoms with Gasteiger partial charge >= 0.3 is 0 Å². The number of ether oxygens (including phenoxy) is 1. The van der Waals surface area contributed by atoms with Crippen LogP contribution in [0.3, 0.4) is 0 Å². The van der Waals surface area contributed by atoms with Crippen LogP contribution in [0, 0.1) is 0 Å². The number of carbonyl (C=O) groups excluding carboxylic acids is 2. The van der Waals surface area contributed by atoms with Crippen LogP contribution >= 0.6 is 22.9 Å².